The molecule has 3 heterocycles. The first-order chi connectivity index (χ1) is 16.5. The smallest absolute Gasteiger partial charge is 0.340 e. The van der Waals surface area contributed by atoms with Crippen molar-refractivity contribution in [3.05, 3.63) is 12.2 Å². The number of rotatable bonds is 0. The lowest BCUT2D eigenvalue weighted by molar-refractivity contribution is -0.186. The summed E-state index contributed by atoms with van der Waals surface area (Å²) in [5.41, 5.74) is -2.87. The van der Waals surface area contributed by atoms with Crippen LogP contribution in [0.2, 0.25) is 0 Å². The molecule has 3 aliphatic heterocycles. The predicted molar refractivity (Wildman–Crippen MR) is 136 cm³/mol. The number of hydrogen-bond acceptors (Lipinski definition) is 5. The summed E-state index contributed by atoms with van der Waals surface area (Å²) in [4.78, 5) is 54.8. The molecule has 1 amide bonds. The lowest BCUT2D eigenvalue weighted by Crippen LogP contribution is -2.61. The van der Waals surface area contributed by atoms with Crippen LogP contribution < -0.4 is 0 Å². The highest BCUT2D eigenvalue weighted by atomic mass is 16.6. The van der Waals surface area contributed by atoms with Crippen molar-refractivity contribution < 1.29 is 23.9 Å². The van der Waals surface area contributed by atoms with Gasteiger partial charge in [-0.25, -0.2) is 4.79 Å². The molecular weight excluding hydrogens is 442 g/mol. The lowest BCUT2D eigenvalue weighted by Gasteiger charge is -2.45. The largest absolute Gasteiger partial charge is 0.457 e. The van der Waals surface area contributed by atoms with E-state index in [1.54, 1.807) is 0 Å². The SMILES string of the molecule is CC1(C)CCC(=O)C/C=C\CCCCCCCCC2C(=O)N3CCCCC3(C(=O)OC1(C)C)C2=O. The third kappa shape index (κ3) is 5.89. The molecule has 0 aromatic carbocycles. The Morgan fingerprint density at radius 2 is 1.51 bits per heavy atom. The van der Waals surface area contributed by atoms with Gasteiger partial charge in [0.2, 0.25) is 5.91 Å². The van der Waals surface area contributed by atoms with Gasteiger partial charge in [-0.1, -0.05) is 58.1 Å². The number of hydrogen-bond donors (Lipinski definition) is 0. The van der Waals surface area contributed by atoms with Gasteiger partial charge in [0, 0.05) is 24.8 Å². The molecular formula is C29H45NO5. The third-order valence-corrected chi connectivity index (χ3v) is 8.89. The molecule has 0 aliphatic carbocycles. The number of allylic oxidation sites excluding steroid dienone is 2. The standard InChI is InChI=1S/C29H45NO5/c1-27(2)20-18-22(31)16-12-10-8-6-5-7-9-11-13-17-23-24(32)29(26(34)35-28(27,3)4)19-14-15-21-30(29)25(23)33/h10,12,23H,5-9,11,13-21H2,1-4H3/b12-10-. The molecule has 2 unspecified atom stereocenters. The van der Waals surface area contributed by atoms with Gasteiger partial charge in [-0.2, -0.15) is 0 Å². The fraction of sp³-hybridized carbons (Fsp3) is 0.793. The van der Waals surface area contributed by atoms with Gasteiger partial charge in [0.1, 0.15) is 11.4 Å². The monoisotopic (exact) mass is 487 g/mol. The summed E-state index contributed by atoms with van der Waals surface area (Å²) in [5, 5.41) is 0. The molecule has 2 saturated heterocycles. The van der Waals surface area contributed by atoms with E-state index >= 15 is 0 Å². The summed E-state index contributed by atoms with van der Waals surface area (Å²) in [6.07, 6.45) is 15.2. The van der Waals surface area contributed by atoms with E-state index in [2.05, 4.69) is 6.08 Å². The van der Waals surface area contributed by atoms with Gasteiger partial charge < -0.3 is 9.64 Å². The molecule has 0 aromatic heterocycles. The predicted octanol–water partition coefficient (Wildman–Crippen LogP) is 5.71. The lowest BCUT2D eigenvalue weighted by atomic mass is 9.73. The number of carbonyl (C=O) groups excluding carboxylic acids is 4. The van der Waals surface area contributed by atoms with Crippen LogP contribution in [0.25, 0.3) is 0 Å². The first kappa shape index (κ1) is 27.6. The van der Waals surface area contributed by atoms with Gasteiger partial charge in [-0.15, -0.1) is 0 Å². The number of ether oxygens (including phenoxy) is 1. The Bertz CT molecular complexity index is 842. The number of esters is 1. The molecule has 6 nitrogen and oxygen atoms in total. The maximum absolute atomic E-state index is 13.8. The van der Waals surface area contributed by atoms with Gasteiger partial charge in [0.25, 0.3) is 0 Å². The molecule has 6 heteroatoms. The van der Waals surface area contributed by atoms with Crippen molar-refractivity contribution in [3.63, 3.8) is 0 Å². The van der Waals surface area contributed by atoms with Crippen LogP contribution in [-0.4, -0.2) is 46.0 Å². The number of cyclic esters (lactones) is 1. The normalized spacial score (nSPS) is 32.3. The van der Waals surface area contributed by atoms with Crippen LogP contribution in [0, 0.1) is 11.3 Å². The van der Waals surface area contributed by atoms with Gasteiger partial charge in [0.15, 0.2) is 11.3 Å². The van der Waals surface area contributed by atoms with Gasteiger partial charge in [-0.3, -0.25) is 14.4 Å². The molecule has 1 spiro atoms. The average molecular weight is 488 g/mol. The second kappa shape index (κ2) is 11.4. The van der Waals surface area contributed by atoms with E-state index in [0.717, 1.165) is 57.8 Å². The van der Waals surface area contributed by atoms with Gasteiger partial charge in [0.05, 0.1) is 5.92 Å². The zero-order valence-corrected chi connectivity index (χ0v) is 22.3. The molecule has 2 bridgehead atoms. The summed E-state index contributed by atoms with van der Waals surface area (Å²) in [6, 6.07) is 0. The minimum atomic E-state index is -1.48. The van der Waals surface area contributed by atoms with Crippen molar-refractivity contribution in [2.75, 3.05) is 6.54 Å². The topological polar surface area (TPSA) is 80.8 Å². The zero-order chi connectivity index (χ0) is 25.7. The van der Waals surface area contributed by atoms with E-state index < -0.39 is 28.4 Å². The van der Waals surface area contributed by atoms with Gasteiger partial charge in [-0.05, 0) is 58.8 Å². The summed E-state index contributed by atoms with van der Waals surface area (Å²) in [6.45, 7) is 8.14. The van der Waals surface area contributed by atoms with E-state index in [1.165, 1.54) is 4.90 Å². The Kier molecular flexibility index (Phi) is 8.98. The fourth-order valence-electron chi connectivity index (χ4n) is 5.65. The van der Waals surface area contributed by atoms with Crippen molar-refractivity contribution in [2.45, 2.75) is 129 Å². The number of carbonyl (C=O) groups is 4. The number of Topliss-reactive ketones (excluding diaryl/α,β-unsaturated/α-hetero) is 2. The Hall–Kier alpha value is -1.98. The van der Waals surface area contributed by atoms with Crippen LogP contribution in [0.3, 0.4) is 0 Å². The van der Waals surface area contributed by atoms with E-state index in [0.29, 0.717) is 38.6 Å². The Morgan fingerprint density at radius 1 is 0.829 bits per heavy atom. The Balaban J connectivity index is 1.84. The average Bonchev–Trinajstić information content (AvgIpc) is 3.03. The quantitative estimate of drug-likeness (QED) is 0.248. The van der Waals surface area contributed by atoms with Crippen LogP contribution in [0.4, 0.5) is 0 Å². The molecule has 0 aromatic rings. The van der Waals surface area contributed by atoms with Crippen molar-refractivity contribution in [1.82, 2.24) is 4.90 Å². The van der Waals surface area contributed by atoms with Crippen LogP contribution in [-0.2, 0) is 23.9 Å². The first-order valence-corrected chi connectivity index (χ1v) is 13.8. The van der Waals surface area contributed by atoms with Crippen molar-refractivity contribution in [2.24, 2.45) is 11.3 Å². The maximum atomic E-state index is 13.8. The highest BCUT2D eigenvalue weighted by Crippen LogP contribution is 2.44. The second-order valence-electron chi connectivity index (χ2n) is 11.9. The molecule has 0 N–H and O–H groups in total. The van der Waals surface area contributed by atoms with Crippen LogP contribution >= 0.6 is 0 Å². The molecule has 0 saturated carbocycles. The second-order valence-corrected chi connectivity index (χ2v) is 11.9. The molecule has 3 rings (SSSR count). The summed E-state index contributed by atoms with van der Waals surface area (Å²) in [7, 11) is 0. The van der Waals surface area contributed by atoms with Crippen LogP contribution in [0.5, 0.6) is 0 Å². The Labute approximate surface area is 211 Å². The summed E-state index contributed by atoms with van der Waals surface area (Å²) in [5.74, 6) is -1.58. The fourth-order valence-corrected chi connectivity index (χ4v) is 5.65. The van der Waals surface area contributed by atoms with Gasteiger partial charge >= 0.3 is 5.97 Å². The number of fused-ring (bicyclic) bond motifs is 1. The molecule has 3 aliphatic rings. The van der Waals surface area contributed by atoms with E-state index in [4.69, 9.17) is 4.74 Å². The van der Waals surface area contributed by atoms with Crippen molar-refractivity contribution in [3.8, 4) is 0 Å². The third-order valence-electron chi connectivity index (χ3n) is 8.89. The highest BCUT2D eigenvalue weighted by Gasteiger charge is 2.64. The van der Waals surface area contributed by atoms with Crippen LogP contribution in [0.1, 0.15) is 118 Å². The van der Waals surface area contributed by atoms with Crippen molar-refractivity contribution in [1.29, 1.82) is 0 Å². The number of amides is 1. The number of nitrogens with zero attached hydrogens (tertiary/aromatic N) is 1. The zero-order valence-electron chi connectivity index (χ0n) is 22.3. The van der Waals surface area contributed by atoms with Crippen LogP contribution in [0.15, 0.2) is 12.2 Å². The minimum absolute atomic E-state index is 0.179. The van der Waals surface area contributed by atoms with E-state index in [1.807, 2.05) is 33.8 Å². The van der Waals surface area contributed by atoms with E-state index in [-0.39, 0.29) is 17.5 Å². The van der Waals surface area contributed by atoms with Crippen molar-refractivity contribution >= 4 is 23.4 Å². The highest BCUT2D eigenvalue weighted by molar-refractivity contribution is 6.23. The number of piperidine rings is 1. The number of ketones is 2. The molecule has 2 atom stereocenters. The summed E-state index contributed by atoms with van der Waals surface area (Å²) < 4.78 is 6.12. The molecule has 35 heavy (non-hydrogen) atoms. The minimum Gasteiger partial charge on any atom is -0.457 e. The van der Waals surface area contributed by atoms with E-state index in [9.17, 15) is 19.2 Å². The maximum Gasteiger partial charge on any atom is 0.340 e. The molecule has 0 radical (unpaired) electrons. The molecule has 196 valence electrons. The molecule has 2 fully saturated rings. The summed E-state index contributed by atoms with van der Waals surface area (Å²) >= 11 is 0. The Morgan fingerprint density at radius 3 is 2.26 bits per heavy atom. The first-order valence-electron chi connectivity index (χ1n) is 13.8.